The van der Waals surface area contributed by atoms with Crippen LogP contribution in [0.15, 0.2) is 47.1 Å². The molecule has 190 valence electrons. The average Bonchev–Trinajstić information content (AvgIpc) is 3.58. The molecule has 0 radical (unpaired) electrons. The second-order valence-electron chi connectivity index (χ2n) is 8.22. The van der Waals surface area contributed by atoms with Gasteiger partial charge in [0.05, 0.1) is 37.1 Å². The van der Waals surface area contributed by atoms with Gasteiger partial charge in [0.15, 0.2) is 0 Å². The molecule has 3 aliphatic rings. The molecule has 2 aromatic rings. The summed E-state index contributed by atoms with van der Waals surface area (Å²) >= 11 is 0. The number of benzene rings is 1. The number of cyclic esters (lactones) is 1. The quantitative estimate of drug-likeness (QED) is 0.382. The van der Waals surface area contributed by atoms with Crippen molar-refractivity contribution in [1.29, 1.82) is 0 Å². The number of halogens is 1. The van der Waals surface area contributed by atoms with Crippen LogP contribution in [-0.2, 0) is 4.74 Å². The maximum Gasteiger partial charge on any atom is 0.433 e. The lowest BCUT2D eigenvalue weighted by Gasteiger charge is -2.24. The highest BCUT2D eigenvalue weighted by Crippen LogP contribution is 2.28. The lowest BCUT2D eigenvalue weighted by Crippen LogP contribution is -2.43. The Balaban J connectivity index is 1.22. The molecular weight excluding hydrogens is 479 g/mol. The number of nitrogens with zero attached hydrogens (tertiary/aromatic N) is 5. The van der Waals surface area contributed by atoms with Crippen LogP contribution in [0.1, 0.15) is 10.6 Å². The van der Waals surface area contributed by atoms with Crippen molar-refractivity contribution >= 4 is 29.3 Å². The minimum absolute atomic E-state index is 0.165. The Bertz CT molecular complexity index is 1200. The number of hydrazine groups is 3. The molecule has 0 bridgehead atoms. The van der Waals surface area contributed by atoms with Gasteiger partial charge in [-0.1, -0.05) is 0 Å². The fourth-order valence-electron chi connectivity index (χ4n) is 4.18. The molecule has 0 unspecified atom stereocenters. The number of anilines is 2. The number of hydrogen-bond donors (Lipinski definition) is 3. The van der Waals surface area contributed by atoms with E-state index in [1.807, 2.05) is 0 Å². The second-order valence-corrected chi connectivity index (χ2v) is 8.22. The van der Waals surface area contributed by atoms with Gasteiger partial charge in [-0.2, -0.15) is 0 Å². The van der Waals surface area contributed by atoms with Gasteiger partial charge in [-0.3, -0.25) is 29.8 Å². The Morgan fingerprint density at radius 1 is 1.22 bits per heavy atom. The number of carbonyl (C=O) groups excluding carboxylic acids is 2. The zero-order valence-electron chi connectivity index (χ0n) is 18.9. The Kier molecular flexibility index (Phi) is 6.30. The van der Waals surface area contributed by atoms with Crippen molar-refractivity contribution in [1.82, 2.24) is 26.4 Å². The van der Waals surface area contributed by atoms with Gasteiger partial charge in [0.25, 0.3) is 0 Å². The molecule has 2 amide bonds. The SMILES string of the molecule is O=C(c1ccc([N+](=O)[O-])o1)N1CCN(c2ccc(N3C[C@H](CN4C=CNN4)OC3=O)cc2F)CCN1. The Hall–Kier alpha value is -4.37. The molecule has 5 rings (SSSR count). The molecule has 2 saturated heterocycles. The summed E-state index contributed by atoms with van der Waals surface area (Å²) in [6.45, 7) is 1.91. The topological polar surface area (TPSA) is 149 Å². The Morgan fingerprint density at radius 3 is 2.81 bits per heavy atom. The second kappa shape index (κ2) is 9.71. The molecule has 4 heterocycles. The summed E-state index contributed by atoms with van der Waals surface area (Å²) in [4.78, 5) is 38.3. The molecule has 2 fully saturated rings. The monoisotopic (exact) mass is 502 g/mol. The van der Waals surface area contributed by atoms with E-state index in [9.17, 15) is 19.7 Å². The van der Waals surface area contributed by atoms with Crippen molar-refractivity contribution in [2.45, 2.75) is 6.10 Å². The summed E-state index contributed by atoms with van der Waals surface area (Å²) in [6.07, 6.45) is 2.54. The van der Waals surface area contributed by atoms with Crippen molar-refractivity contribution < 1.29 is 28.1 Å². The highest BCUT2D eigenvalue weighted by molar-refractivity contribution is 5.91. The highest BCUT2D eigenvalue weighted by atomic mass is 19.1. The molecule has 36 heavy (non-hydrogen) atoms. The maximum absolute atomic E-state index is 15.1. The minimum atomic E-state index is -0.720. The molecule has 0 aliphatic carbocycles. The Labute approximate surface area is 203 Å². The molecule has 14 nitrogen and oxygen atoms in total. The van der Waals surface area contributed by atoms with Gasteiger partial charge in [-0.05, 0) is 24.3 Å². The summed E-state index contributed by atoms with van der Waals surface area (Å²) in [5.74, 6) is -1.76. The van der Waals surface area contributed by atoms with Crippen LogP contribution < -0.4 is 26.2 Å². The van der Waals surface area contributed by atoms with Crippen molar-refractivity contribution in [3.63, 3.8) is 0 Å². The van der Waals surface area contributed by atoms with Crippen LogP contribution in [0.5, 0.6) is 0 Å². The van der Waals surface area contributed by atoms with E-state index in [2.05, 4.69) is 16.4 Å². The lowest BCUT2D eigenvalue weighted by atomic mass is 10.2. The van der Waals surface area contributed by atoms with Crippen LogP contribution >= 0.6 is 0 Å². The first-order valence-corrected chi connectivity index (χ1v) is 11.2. The van der Waals surface area contributed by atoms with E-state index >= 15 is 4.39 Å². The van der Waals surface area contributed by atoms with Crippen LogP contribution in [-0.4, -0.2) is 72.3 Å². The van der Waals surface area contributed by atoms with Crippen molar-refractivity contribution in [2.24, 2.45) is 0 Å². The van der Waals surface area contributed by atoms with E-state index in [1.165, 1.54) is 22.0 Å². The van der Waals surface area contributed by atoms with E-state index in [4.69, 9.17) is 9.15 Å². The largest absolute Gasteiger partial charge is 0.442 e. The number of nitro groups is 1. The zero-order chi connectivity index (χ0) is 25.2. The number of furan rings is 1. The van der Waals surface area contributed by atoms with Crippen molar-refractivity contribution in [2.75, 3.05) is 49.1 Å². The van der Waals surface area contributed by atoms with Gasteiger partial charge in [-0.15, -0.1) is 5.53 Å². The molecule has 15 heteroatoms. The molecule has 0 spiro atoms. The highest BCUT2D eigenvalue weighted by Gasteiger charge is 2.34. The fourth-order valence-corrected chi connectivity index (χ4v) is 4.18. The van der Waals surface area contributed by atoms with Crippen LogP contribution in [0, 0.1) is 15.9 Å². The number of nitrogens with one attached hydrogen (secondary N) is 3. The number of ether oxygens (including phenoxy) is 1. The van der Waals surface area contributed by atoms with Gasteiger partial charge < -0.3 is 19.5 Å². The van der Waals surface area contributed by atoms with Gasteiger partial charge in [0.2, 0.25) is 5.76 Å². The van der Waals surface area contributed by atoms with Crippen LogP contribution in [0.4, 0.5) is 26.4 Å². The lowest BCUT2D eigenvalue weighted by molar-refractivity contribution is -0.402. The normalized spacial score (nSPS) is 19.9. The van der Waals surface area contributed by atoms with Crippen LogP contribution in [0.3, 0.4) is 0 Å². The molecule has 1 aromatic carbocycles. The average molecular weight is 502 g/mol. The number of rotatable bonds is 6. The predicted octanol–water partition coefficient (Wildman–Crippen LogP) is 0.915. The van der Waals surface area contributed by atoms with Crippen molar-refractivity contribution in [3.8, 4) is 0 Å². The summed E-state index contributed by atoms with van der Waals surface area (Å²) in [6, 6.07) is 6.89. The van der Waals surface area contributed by atoms with E-state index in [0.717, 1.165) is 6.07 Å². The first-order chi connectivity index (χ1) is 17.4. The molecule has 1 aromatic heterocycles. The Morgan fingerprint density at radius 2 is 2.08 bits per heavy atom. The number of carbonyl (C=O) groups is 2. The summed E-state index contributed by atoms with van der Waals surface area (Å²) in [5, 5.41) is 13.8. The van der Waals surface area contributed by atoms with Gasteiger partial charge in [0.1, 0.15) is 16.8 Å². The summed E-state index contributed by atoms with van der Waals surface area (Å²) in [5.41, 5.74) is 9.32. The third-order valence-corrected chi connectivity index (χ3v) is 5.91. The molecule has 1 atom stereocenters. The van der Waals surface area contributed by atoms with Gasteiger partial charge in [-0.25, -0.2) is 14.6 Å². The van der Waals surface area contributed by atoms with Gasteiger partial charge >= 0.3 is 17.9 Å². The van der Waals surface area contributed by atoms with E-state index < -0.39 is 34.7 Å². The molecule has 3 aliphatic heterocycles. The summed E-state index contributed by atoms with van der Waals surface area (Å²) < 4.78 is 25.5. The van der Waals surface area contributed by atoms with E-state index in [-0.39, 0.29) is 18.8 Å². The first kappa shape index (κ1) is 23.4. The fraction of sp³-hybridized carbons (Fsp3) is 0.333. The minimum Gasteiger partial charge on any atom is -0.442 e. The summed E-state index contributed by atoms with van der Waals surface area (Å²) in [7, 11) is 0. The predicted molar refractivity (Wildman–Crippen MR) is 123 cm³/mol. The number of hydrogen-bond acceptors (Lipinski definition) is 11. The van der Waals surface area contributed by atoms with E-state index in [1.54, 1.807) is 34.4 Å². The number of amides is 2. The van der Waals surface area contributed by atoms with Gasteiger partial charge in [0, 0.05) is 32.0 Å². The third kappa shape index (κ3) is 4.73. The van der Waals surface area contributed by atoms with Crippen LogP contribution in [0.25, 0.3) is 0 Å². The van der Waals surface area contributed by atoms with Crippen LogP contribution in [0.2, 0.25) is 0 Å². The van der Waals surface area contributed by atoms with E-state index in [0.29, 0.717) is 37.6 Å². The van der Waals surface area contributed by atoms with Crippen molar-refractivity contribution in [3.05, 3.63) is 64.4 Å². The molecular formula is C21H23FN8O6. The standard InChI is InChI=1S/C21H23FN8O6/c22-16-11-14(28-13-15(35-21(28)32)12-27-8-5-23-25-27)1-2-17(16)26-7-6-24-29(10-9-26)20(31)18-3-4-19(36-18)30(33)34/h1-5,8,11,15,23-25H,6-7,9-10,12-13H2/t15-/m0/s1. The third-order valence-electron chi connectivity index (χ3n) is 5.91. The molecule has 0 saturated carbocycles. The molecule has 3 N–H and O–H groups in total. The zero-order valence-corrected chi connectivity index (χ0v) is 18.9. The smallest absolute Gasteiger partial charge is 0.433 e. The maximum atomic E-state index is 15.1. The first-order valence-electron chi connectivity index (χ1n) is 11.2.